The Hall–Kier alpha value is -1.59. The van der Waals surface area contributed by atoms with Crippen LogP contribution in [0.4, 0.5) is 0 Å². The number of methoxy groups -OCH3 is 1. The Morgan fingerprint density at radius 1 is 1.28 bits per heavy atom. The van der Waals surface area contributed by atoms with Gasteiger partial charge in [-0.05, 0) is 57.3 Å². The van der Waals surface area contributed by atoms with Crippen LogP contribution in [-0.2, 0) is 9.53 Å². The topological polar surface area (TPSA) is 50.8 Å². The van der Waals surface area contributed by atoms with Crippen LogP contribution in [0.15, 0.2) is 30.3 Å². The third-order valence-electron chi connectivity index (χ3n) is 4.91. The summed E-state index contributed by atoms with van der Waals surface area (Å²) in [6.45, 7) is 6.31. The van der Waals surface area contributed by atoms with Crippen LogP contribution >= 0.6 is 0 Å². The van der Waals surface area contributed by atoms with E-state index in [0.29, 0.717) is 31.5 Å². The van der Waals surface area contributed by atoms with Gasteiger partial charge in [0, 0.05) is 26.1 Å². The number of likely N-dealkylation sites (tertiary alicyclic amines) is 1. The molecule has 1 aromatic rings. The van der Waals surface area contributed by atoms with Crippen LogP contribution in [0.1, 0.15) is 32.6 Å². The Bertz CT molecular complexity index is 487. The molecule has 5 heteroatoms. The Morgan fingerprint density at radius 2 is 2.00 bits per heavy atom. The van der Waals surface area contributed by atoms with Gasteiger partial charge < -0.3 is 14.8 Å². The molecular weight excluding hydrogens is 316 g/mol. The molecule has 0 saturated carbocycles. The molecule has 1 aliphatic heterocycles. The van der Waals surface area contributed by atoms with E-state index >= 15 is 0 Å². The molecule has 1 heterocycles. The van der Waals surface area contributed by atoms with Crippen molar-refractivity contribution in [1.29, 1.82) is 0 Å². The number of hydrogen-bond acceptors (Lipinski definition) is 4. The molecule has 1 aliphatic rings. The van der Waals surface area contributed by atoms with Crippen LogP contribution < -0.4 is 10.1 Å². The van der Waals surface area contributed by atoms with E-state index in [0.717, 1.165) is 31.9 Å². The Kier molecular flexibility index (Phi) is 8.77. The van der Waals surface area contributed by atoms with Crippen LogP contribution in [-0.4, -0.2) is 56.8 Å². The van der Waals surface area contributed by atoms with Gasteiger partial charge in [0.2, 0.25) is 5.91 Å². The van der Waals surface area contributed by atoms with E-state index in [-0.39, 0.29) is 5.91 Å². The smallest absolute Gasteiger partial charge is 0.220 e. The second kappa shape index (κ2) is 11.1. The highest BCUT2D eigenvalue weighted by atomic mass is 16.5. The van der Waals surface area contributed by atoms with E-state index in [1.54, 1.807) is 7.11 Å². The summed E-state index contributed by atoms with van der Waals surface area (Å²) in [4.78, 5) is 14.3. The lowest BCUT2D eigenvalue weighted by molar-refractivity contribution is -0.121. The van der Waals surface area contributed by atoms with Crippen molar-refractivity contribution >= 4 is 5.91 Å². The van der Waals surface area contributed by atoms with Crippen LogP contribution in [0.2, 0.25) is 0 Å². The van der Waals surface area contributed by atoms with Gasteiger partial charge in [-0.15, -0.1) is 0 Å². The summed E-state index contributed by atoms with van der Waals surface area (Å²) >= 11 is 0. The molecule has 1 unspecified atom stereocenters. The van der Waals surface area contributed by atoms with Crippen LogP contribution in [0, 0.1) is 5.92 Å². The summed E-state index contributed by atoms with van der Waals surface area (Å²) in [5, 5.41) is 2.89. The Labute approximate surface area is 151 Å². The van der Waals surface area contributed by atoms with Crippen LogP contribution in [0.25, 0.3) is 0 Å². The van der Waals surface area contributed by atoms with Crippen molar-refractivity contribution in [2.45, 2.75) is 38.6 Å². The third kappa shape index (κ3) is 7.45. The van der Waals surface area contributed by atoms with Crippen molar-refractivity contribution in [3.8, 4) is 5.75 Å². The number of nitrogens with zero attached hydrogens (tertiary/aromatic N) is 1. The highest BCUT2D eigenvalue weighted by molar-refractivity contribution is 5.75. The molecule has 0 spiro atoms. The van der Waals surface area contributed by atoms with E-state index in [9.17, 15) is 4.79 Å². The van der Waals surface area contributed by atoms with Crippen molar-refractivity contribution in [3.63, 3.8) is 0 Å². The fourth-order valence-electron chi connectivity index (χ4n) is 3.24. The second-order valence-corrected chi connectivity index (χ2v) is 6.83. The van der Waals surface area contributed by atoms with E-state index in [2.05, 4.69) is 17.1 Å². The molecule has 2 rings (SSSR count). The van der Waals surface area contributed by atoms with E-state index in [1.165, 1.54) is 12.8 Å². The molecule has 1 N–H and O–H groups in total. The van der Waals surface area contributed by atoms with E-state index < -0.39 is 0 Å². The number of rotatable bonds is 10. The molecule has 1 saturated heterocycles. The fourth-order valence-corrected chi connectivity index (χ4v) is 3.24. The van der Waals surface area contributed by atoms with Gasteiger partial charge in [-0.1, -0.05) is 18.2 Å². The first-order chi connectivity index (χ1) is 12.2. The van der Waals surface area contributed by atoms with Gasteiger partial charge in [0.1, 0.15) is 12.4 Å². The van der Waals surface area contributed by atoms with Gasteiger partial charge in [-0.3, -0.25) is 9.69 Å². The highest BCUT2D eigenvalue weighted by Crippen LogP contribution is 2.23. The molecular formula is C20H32N2O3. The average molecular weight is 348 g/mol. The Balaban J connectivity index is 1.59. The number of carbonyl (C=O) groups excluding carboxylic acids is 1. The van der Waals surface area contributed by atoms with Crippen molar-refractivity contribution < 1.29 is 14.3 Å². The summed E-state index contributed by atoms with van der Waals surface area (Å²) < 4.78 is 10.8. The van der Waals surface area contributed by atoms with Gasteiger partial charge in [0.05, 0.1) is 6.61 Å². The molecule has 0 radical (unpaired) electrons. The fraction of sp³-hybridized carbons (Fsp3) is 0.650. The predicted octanol–water partition coefficient (Wildman–Crippen LogP) is 2.71. The second-order valence-electron chi connectivity index (χ2n) is 6.83. The van der Waals surface area contributed by atoms with Crippen molar-refractivity contribution in [2.24, 2.45) is 5.92 Å². The van der Waals surface area contributed by atoms with Crippen molar-refractivity contribution in [2.75, 3.05) is 40.0 Å². The molecule has 5 nitrogen and oxygen atoms in total. The van der Waals surface area contributed by atoms with Gasteiger partial charge in [0.15, 0.2) is 0 Å². The molecule has 0 aliphatic carbocycles. The van der Waals surface area contributed by atoms with Crippen LogP contribution in [0.5, 0.6) is 5.75 Å². The normalized spacial score (nSPS) is 17.2. The summed E-state index contributed by atoms with van der Waals surface area (Å²) in [6.07, 6.45) is 3.95. The van der Waals surface area contributed by atoms with E-state index in [1.807, 2.05) is 30.3 Å². The number of hydrogen-bond donors (Lipinski definition) is 1. The quantitative estimate of drug-likeness (QED) is 0.661. The SMILES string of the molecule is COCCNC(=O)CCC1CCN(C(C)COc2ccccc2)CC1. The first-order valence-corrected chi connectivity index (χ1v) is 9.36. The van der Waals surface area contributed by atoms with Crippen molar-refractivity contribution in [3.05, 3.63) is 30.3 Å². The minimum atomic E-state index is 0.143. The third-order valence-corrected chi connectivity index (χ3v) is 4.91. The minimum Gasteiger partial charge on any atom is -0.492 e. The zero-order chi connectivity index (χ0) is 17.9. The molecule has 1 fully saturated rings. The lowest BCUT2D eigenvalue weighted by Gasteiger charge is -2.35. The maximum absolute atomic E-state index is 11.8. The monoisotopic (exact) mass is 348 g/mol. The predicted molar refractivity (Wildman–Crippen MR) is 99.8 cm³/mol. The summed E-state index contributed by atoms with van der Waals surface area (Å²) in [5.74, 6) is 1.74. The standard InChI is InChI=1S/C20H32N2O3/c1-17(16-25-19-6-4-3-5-7-19)22-13-10-18(11-14-22)8-9-20(23)21-12-15-24-2/h3-7,17-18H,8-16H2,1-2H3,(H,21,23). The average Bonchev–Trinajstić information content (AvgIpc) is 2.66. The van der Waals surface area contributed by atoms with Gasteiger partial charge >= 0.3 is 0 Å². The summed E-state index contributed by atoms with van der Waals surface area (Å²) in [5.41, 5.74) is 0. The number of amides is 1. The highest BCUT2D eigenvalue weighted by Gasteiger charge is 2.23. The van der Waals surface area contributed by atoms with Gasteiger partial charge in [0.25, 0.3) is 0 Å². The number of piperidine rings is 1. The van der Waals surface area contributed by atoms with Crippen molar-refractivity contribution in [1.82, 2.24) is 10.2 Å². The summed E-state index contributed by atoms with van der Waals surface area (Å²) in [7, 11) is 1.64. The molecule has 1 aromatic carbocycles. The molecule has 1 amide bonds. The zero-order valence-corrected chi connectivity index (χ0v) is 15.6. The molecule has 140 valence electrons. The number of para-hydroxylation sites is 1. The lowest BCUT2D eigenvalue weighted by atomic mass is 9.91. The largest absolute Gasteiger partial charge is 0.492 e. The molecule has 25 heavy (non-hydrogen) atoms. The lowest BCUT2D eigenvalue weighted by Crippen LogP contribution is -2.42. The van der Waals surface area contributed by atoms with Crippen LogP contribution in [0.3, 0.4) is 0 Å². The van der Waals surface area contributed by atoms with E-state index in [4.69, 9.17) is 9.47 Å². The Morgan fingerprint density at radius 3 is 2.68 bits per heavy atom. The first kappa shape index (κ1) is 19.7. The van der Waals surface area contributed by atoms with Gasteiger partial charge in [-0.2, -0.15) is 0 Å². The molecule has 0 aromatic heterocycles. The number of ether oxygens (including phenoxy) is 2. The maximum Gasteiger partial charge on any atom is 0.220 e. The number of benzene rings is 1. The zero-order valence-electron chi connectivity index (χ0n) is 15.6. The molecule has 0 bridgehead atoms. The minimum absolute atomic E-state index is 0.143. The summed E-state index contributed by atoms with van der Waals surface area (Å²) in [6, 6.07) is 10.4. The number of carbonyl (C=O) groups is 1. The van der Waals surface area contributed by atoms with Gasteiger partial charge in [-0.25, -0.2) is 0 Å². The maximum atomic E-state index is 11.8. The number of nitrogens with one attached hydrogen (secondary N) is 1. The first-order valence-electron chi connectivity index (χ1n) is 9.36. The molecule has 1 atom stereocenters.